The molecule has 5 heteroatoms. The van der Waals surface area contributed by atoms with Crippen LogP contribution in [0.5, 0.6) is 11.5 Å². The van der Waals surface area contributed by atoms with E-state index >= 15 is 0 Å². The third-order valence-electron chi connectivity index (χ3n) is 5.50. The molecule has 2 aromatic rings. The molecule has 0 bridgehead atoms. The zero-order valence-electron chi connectivity index (χ0n) is 18.3. The van der Waals surface area contributed by atoms with Gasteiger partial charge in [-0.25, -0.2) is 0 Å². The van der Waals surface area contributed by atoms with Crippen molar-refractivity contribution >= 4 is 0 Å². The molecular formula is C24H35N3O2. The van der Waals surface area contributed by atoms with Crippen LogP contribution in [0.25, 0.3) is 0 Å². The van der Waals surface area contributed by atoms with Gasteiger partial charge in [0.2, 0.25) is 0 Å². The van der Waals surface area contributed by atoms with Gasteiger partial charge in [0, 0.05) is 38.1 Å². The fourth-order valence-electron chi connectivity index (χ4n) is 4.17. The van der Waals surface area contributed by atoms with Gasteiger partial charge < -0.3 is 9.47 Å². The molecular weight excluding hydrogens is 362 g/mol. The number of aromatic nitrogens is 1. The lowest BCUT2D eigenvalue weighted by atomic mass is 10.1. The lowest BCUT2D eigenvalue weighted by molar-refractivity contribution is 0.165. The predicted octanol–water partition coefficient (Wildman–Crippen LogP) is 4.36. The molecule has 3 rings (SSSR count). The number of pyridine rings is 1. The van der Waals surface area contributed by atoms with Gasteiger partial charge in [-0.1, -0.05) is 19.1 Å². The Balaban J connectivity index is 1.78. The Bertz CT molecular complexity index is 751. The lowest BCUT2D eigenvalue weighted by Crippen LogP contribution is -2.39. The quantitative estimate of drug-likeness (QED) is 0.595. The number of hydrogen-bond acceptors (Lipinski definition) is 5. The van der Waals surface area contributed by atoms with Gasteiger partial charge in [0.15, 0.2) is 11.5 Å². The van der Waals surface area contributed by atoms with E-state index in [4.69, 9.17) is 9.47 Å². The fourth-order valence-corrected chi connectivity index (χ4v) is 4.17. The molecule has 1 fully saturated rings. The number of nitrogens with zero attached hydrogens (tertiary/aromatic N) is 3. The van der Waals surface area contributed by atoms with E-state index in [0.29, 0.717) is 6.04 Å². The molecule has 0 saturated carbocycles. The Kier molecular flexibility index (Phi) is 7.90. The summed E-state index contributed by atoms with van der Waals surface area (Å²) >= 11 is 0. The average Bonchev–Trinajstić information content (AvgIpc) is 3.15. The van der Waals surface area contributed by atoms with E-state index in [2.05, 4.69) is 39.9 Å². The second-order valence-electron chi connectivity index (χ2n) is 8.11. The van der Waals surface area contributed by atoms with Crippen molar-refractivity contribution in [3.8, 4) is 11.5 Å². The number of benzene rings is 1. The summed E-state index contributed by atoms with van der Waals surface area (Å²) in [5, 5.41) is 0. The van der Waals surface area contributed by atoms with E-state index < -0.39 is 0 Å². The molecule has 0 spiro atoms. The Labute approximate surface area is 175 Å². The average molecular weight is 398 g/mol. The highest BCUT2D eigenvalue weighted by Gasteiger charge is 2.25. The van der Waals surface area contributed by atoms with E-state index in [1.807, 2.05) is 38.4 Å². The van der Waals surface area contributed by atoms with E-state index in [1.165, 1.54) is 30.5 Å². The van der Waals surface area contributed by atoms with Crippen LogP contribution >= 0.6 is 0 Å². The van der Waals surface area contributed by atoms with Crippen molar-refractivity contribution in [1.82, 2.24) is 14.8 Å². The highest BCUT2D eigenvalue weighted by Crippen LogP contribution is 2.30. The summed E-state index contributed by atoms with van der Waals surface area (Å²) in [6, 6.07) is 11.1. The van der Waals surface area contributed by atoms with Gasteiger partial charge in [-0.15, -0.1) is 0 Å². The van der Waals surface area contributed by atoms with E-state index in [9.17, 15) is 0 Å². The zero-order valence-corrected chi connectivity index (χ0v) is 18.3. The van der Waals surface area contributed by atoms with Gasteiger partial charge in [0.1, 0.15) is 0 Å². The van der Waals surface area contributed by atoms with Gasteiger partial charge in [0.05, 0.1) is 13.2 Å². The topological polar surface area (TPSA) is 37.8 Å². The van der Waals surface area contributed by atoms with Crippen molar-refractivity contribution in [1.29, 1.82) is 0 Å². The molecule has 29 heavy (non-hydrogen) atoms. The van der Waals surface area contributed by atoms with Crippen LogP contribution in [-0.4, -0.2) is 53.7 Å². The first-order chi connectivity index (χ1) is 14.1. The molecule has 0 N–H and O–H groups in total. The van der Waals surface area contributed by atoms with E-state index in [-0.39, 0.29) is 6.10 Å². The van der Waals surface area contributed by atoms with Crippen LogP contribution in [0.3, 0.4) is 0 Å². The van der Waals surface area contributed by atoms with Crippen LogP contribution in [0.2, 0.25) is 0 Å². The molecule has 1 atom stereocenters. The van der Waals surface area contributed by atoms with E-state index in [0.717, 1.165) is 37.7 Å². The Hall–Kier alpha value is -2.11. The third-order valence-corrected chi connectivity index (χ3v) is 5.50. The molecule has 1 saturated heterocycles. The fraction of sp³-hybridized carbons (Fsp3) is 0.542. The van der Waals surface area contributed by atoms with Crippen LogP contribution in [0, 0.1) is 0 Å². The first-order valence-electron chi connectivity index (χ1n) is 10.8. The molecule has 158 valence electrons. The zero-order chi connectivity index (χ0) is 20.6. The number of ether oxygens (including phenoxy) is 2. The molecule has 1 aromatic heterocycles. The van der Waals surface area contributed by atoms with Crippen molar-refractivity contribution in [3.63, 3.8) is 0 Å². The Morgan fingerprint density at radius 2 is 2.00 bits per heavy atom. The number of hydrogen-bond donors (Lipinski definition) is 0. The summed E-state index contributed by atoms with van der Waals surface area (Å²) in [4.78, 5) is 9.45. The molecule has 1 aromatic carbocycles. The summed E-state index contributed by atoms with van der Waals surface area (Å²) in [6.45, 7) is 11.5. The van der Waals surface area contributed by atoms with Crippen molar-refractivity contribution in [3.05, 3.63) is 53.9 Å². The molecule has 1 aliphatic rings. The number of methoxy groups -OCH3 is 1. The van der Waals surface area contributed by atoms with Crippen molar-refractivity contribution < 1.29 is 9.47 Å². The predicted molar refractivity (Wildman–Crippen MR) is 117 cm³/mol. The van der Waals surface area contributed by atoms with Gasteiger partial charge >= 0.3 is 0 Å². The number of likely N-dealkylation sites (N-methyl/N-ethyl adjacent to an activating group) is 1. The van der Waals surface area contributed by atoms with Crippen molar-refractivity contribution in [2.45, 2.75) is 58.8 Å². The standard InChI is InChI=1S/C24H35N3O2/c1-5-27-13-7-9-22(27)18-26(17-21-8-6-12-25-15-21)16-20-10-11-23(28-4)24(14-20)29-19(2)3/h6,8,10-12,14-15,19,22H,5,7,9,13,16-18H2,1-4H3/t22-/m1/s1. The van der Waals surface area contributed by atoms with E-state index in [1.54, 1.807) is 7.11 Å². The minimum atomic E-state index is 0.113. The molecule has 5 nitrogen and oxygen atoms in total. The van der Waals surface area contributed by atoms with Gasteiger partial charge in [-0.05, 0) is 69.1 Å². The number of rotatable bonds is 10. The van der Waals surface area contributed by atoms with Crippen molar-refractivity contribution in [2.24, 2.45) is 0 Å². The molecule has 0 amide bonds. The van der Waals surface area contributed by atoms with Crippen LogP contribution in [-0.2, 0) is 13.1 Å². The Morgan fingerprint density at radius 1 is 1.17 bits per heavy atom. The SMILES string of the molecule is CCN1CCC[C@@H]1CN(Cc1cccnc1)Cc1ccc(OC)c(OC(C)C)c1. The normalized spacial score (nSPS) is 17.2. The smallest absolute Gasteiger partial charge is 0.161 e. The highest BCUT2D eigenvalue weighted by atomic mass is 16.5. The summed E-state index contributed by atoms with van der Waals surface area (Å²) in [5.41, 5.74) is 2.49. The lowest BCUT2D eigenvalue weighted by Gasteiger charge is -2.30. The van der Waals surface area contributed by atoms with Crippen LogP contribution in [0.1, 0.15) is 44.7 Å². The maximum absolute atomic E-state index is 5.98. The molecule has 1 aliphatic heterocycles. The first-order valence-corrected chi connectivity index (χ1v) is 10.8. The highest BCUT2D eigenvalue weighted by molar-refractivity contribution is 5.43. The molecule has 0 aliphatic carbocycles. The van der Waals surface area contributed by atoms with Gasteiger partial charge in [0.25, 0.3) is 0 Å². The minimum Gasteiger partial charge on any atom is -0.493 e. The van der Waals surface area contributed by atoms with Crippen LogP contribution < -0.4 is 9.47 Å². The van der Waals surface area contributed by atoms with Crippen LogP contribution in [0.15, 0.2) is 42.7 Å². The summed E-state index contributed by atoms with van der Waals surface area (Å²) in [6.07, 6.45) is 6.50. The summed E-state index contributed by atoms with van der Waals surface area (Å²) in [5.74, 6) is 1.60. The van der Waals surface area contributed by atoms with Crippen molar-refractivity contribution in [2.75, 3.05) is 26.7 Å². The first kappa shape index (κ1) is 21.6. The second kappa shape index (κ2) is 10.6. The second-order valence-corrected chi connectivity index (χ2v) is 8.11. The molecule has 0 unspecified atom stereocenters. The third kappa shape index (κ3) is 6.18. The summed E-state index contributed by atoms with van der Waals surface area (Å²) in [7, 11) is 1.69. The van der Waals surface area contributed by atoms with Gasteiger partial charge in [-0.3, -0.25) is 14.8 Å². The maximum atomic E-state index is 5.98. The number of likely N-dealkylation sites (tertiary alicyclic amines) is 1. The maximum Gasteiger partial charge on any atom is 0.161 e. The monoisotopic (exact) mass is 397 g/mol. The Morgan fingerprint density at radius 3 is 2.69 bits per heavy atom. The largest absolute Gasteiger partial charge is 0.493 e. The molecule has 0 radical (unpaired) electrons. The van der Waals surface area contributed by atoms with Gasteiger partial charge in [-0.2, -0.15) is 0 Å². The minimum absolute atomic E-state index is 0.113. The molecule has 2 heterocycles. The van der Waals surface area contributed by atoms with Crippen LogP contribution in [0.4, 0.5) is 0 Å². The summed E-state index contributed by atoms with van der Waals surface area (Å²) < 4.78 is 11.5.